The quantitative estimate of drug-likeness (QED) is 0.897. The van der Waals surface area contributed by atoms with E-state index in [2.05, 4.69) is 10.3 Å². The highest BCUT2D eigenvalue weighted by Crippen LogP contribution is 2.16. The highest BCUT2D eigenvalue weighted by atomic mass is 32.1. The number of amides is 1. The Balaban J connectivity index is 2.03. The van der Waals surface area contributed by atoms with Gasteiger partial charge in [-0.2, -0.15) is 0 Å². The summed E-state index contributed by atoms with van der Waals surface area (Å²) in [5, 5.41) is 4.35. The molecule has 0 saturated heterocycles. The lowest BCUT2D eigenvalue weighted by atomic mass is 10.2. The Bertz CT molecular complexity index is 585. The second-order valence-corrected chi connectivity index (χ2v) is 4.42. The van der Waals surface area contributed by atoms with Crippen LogP contribution in [0.2, 0.25) is 0 Å². The van der Waals surface area contributed by atoms with Gasteiger partial charge in [-0.25, -0.2) is 13.8 Å². The Morgan fingerprint density at radius 2 is 2.22 bits per heavy atom. The number of nitrogens with one attached hydrogen (secondary N) is 1. The zero-order valence-electron chi connectivity index (χ0n) is 9.11. The summed E-state index contributed by atoms with van der Waals surface area (Å²) >= 11 is 1.22. The number of aromatic nitrogens is 1. The smallest absolute Gasteiger partial charge is 0.230 e. The molecule has 0 radical (unpaired) electrons. The number of nitrogens with zero attached hydrogens (tertiary/aromatic N) is 1. The van der Waals surface area contributed by atoms with Gasteiger partial charge in [0.25, 0.3) is 0 Å². The summed E-state index contributed by atoms with van der Waals surface area (Å²) in [6.45, 7) is 0. The molecule has 1 aromatic heterocycles. The van der Waals surface area contributed by atoms with Gasteiger partial charge < -0.3 is 11.1 Å². The summed E-state index contributed by atoms with van der Waals surface area (Å²) in [5.41, 5.74) is 5.87. The Labute approximate surface area is 105 Å². The molecule has 0 unspecified atom stereocenters. The summed E-state index contributed by atoms with van der Waals surface area (Å²) < 4.78 is 25.9. The maximum atomic E-state index is 13.3. The van der Waals surface area contributed by atoms with Gasteiger partial charge in [-0.1, -0.05) is 0 Å². The number of hydrogen-bond donors (Lipinski definition) is 2. The van der Waals surface area contributed by atoms with E-state index in [0.29, 0.717) is 16.9 Å². The van der Waals surface area contributed by atoms with Crippen molar-refractivity contribution in [2.45, 2.75) is 6.42 Å². The molecule has 0 aliphatic rings. The molecule has 0 aliphatic carbocycles. The second kappa shape index (κ2) is 5.09. The number of carbonyl (C=O) groups excluding carboxylic acids is 1. The van der Waals surface area contributed by atoms with Crippen LogP contribution in [0, 0.1) is 11.6 Å². The van der Waals surface area contributed by atoms with Crippen LogP contribution in [0.5, 0.6) is 0 Å². The molecule has 94 valence electrons. The number of anilines is 2. The van der Waals surface area contributed by atoms with Crippen LogP contribution >= 0.6 is 11.3 Å². The van der Waals surface area contributed by atoms with Crippen molar-refractivity contribution in [2.24, 2.45) is 0 Å². The molecule has 0 aliphatic heterocycles. The van der Waals surface area contributed by atoms with Crippen molar-refractivity contribution < 1.29 is 13.6 Å². The van der Waals surface area contributed by atoms with E-state index in [1.165, 1.54) is 11.3 Å². The van der Waals surface area contributed by atoms with Gasteiger partial charge in [0.1, 0.15) is 11.6 Å². The van der Waals surface area contributed by atoms with E-state index in [0.717, 1.165) is 12.1 Å². The highest BCUT2D eigenvalue weighted by molar-refractivity contribution is 7.13. The summed E-state index contributed by atoms with van der Waals surface area (Å²) in [6.07, 6.45) is -0.00941. The number of carbonyl (C=O) groups is 1. The van der Waals surface area contributed by atoms with Crippen LogP contribution in [0.4, 0.5) is 19.6 Å². The molecule has 0 saturated carbocycles. The zero-order chi connectivity index (χ0) is 13.1. The molecule has 4 nitrogen and oxygen atoms in total. The molecule has 7 heteroatoms. The lowest BCUT2D eigenvalue weighted by Crippen LogP contribution is -2.15. The van der Waals surface area contributed by atoms with Crippen molar-refractivity contribution in [3.63, 3.8) is 0 Å². The van der Waals surface area contributed by atoms with Crippen molar-refractivity contribution in [1.29, 1.82) is 0 Å². The van der Waals surface area contributed by atoms with Gasteiger partial charge >= 0.3 is 0 Å². The Morgan fingerprint density at radius 3 is 2.83 bits per heavy atom. The van der Waals surface area contributed by atoms with E-state index in [9.17, 15) is 13.6 Å². The van der Waals surface area contributed by atoms with Gasteiger partial charge in [-0.15, -0.1) is 11.3 Å². The lowest BCUT2D eigenvalue weighted by Gasteiger charge is -2.05. The van der Waals surface area contributed by atoms with E-state index in [1.807, 2.05) is 0 Å². The van der Waals surface area contributed by atoms with Crippen LogP contribution < -0.4 is 11.1 Å². The number of rotatable bonds is 3. The van der Waals surface area contributed by atoms with Crippen LogP contribution in [0.15, 0.2) is 23.6 Å². The van der Waals surface area contributed by atoms with E-state index in [-0.39, 0.29) is 12.1 Å². The molecule has 1 aromatic carbocycles. The van der Waals surface area contributed by atoms with Crippen molar-refractivity contribution in [3.05, 3.63) is 40.9 Å². The van der Waals surface area contributed by atoms with E-state index >= 15 is 0 Å². The molecule has 1 heterocycles. The highest BCUT2D eigenvalue weighted by Gasteiger charge is 2.10. The Kier molecular flexibility index (Phi) is 3.52. The summed E-state index contributed by atoms with van der Waals surface area (Å²) in [5.74, 6) is -1.95. The third kappa shape index (κ3) is 3.01. The number of benzene rings is 1. The SMILES string of the molecule is Nc1nc(CC(=O)Nc2ccc(F)cc2F)cs1. The van der Waals surface area contributed by atoms with Gasteiger partial charge in [-0.05, 0) is 12.1 Å². The number of thiazole rings is 1. The Morgan fingerprint density at radius 1 is 1.44 bits per heavy atom. The van der Waals surface area contributed by atoms with Crippen LogP contribution in [0.1, 0.15) is 5.69 Å². The van der Waals surface area contributed by atoms with E-state index in [1.54, 1.807) is 5.38 Å². The van der Waals surface area contributed by atoms with Crippen molar-refractivity contribution in [2.75, 3.05) is 11.1 Å². The number of hydrogen-bond acceptors (Lipinski definition) is 4. The summed E-state index contributed by atoms with van der Waals surface area (Å²) in [4.78, 5) is 15.5. The molecule has 2 rings (SSSR count). The molecule has 0 bridgehead atoms. The first kappa shape index (κ1) is 12.4. The van der Waals surface area contributed by atoms with E-state index < -0.39 is 17.5 Å². The standard InChI is InChI=1S/C11H9F2N3OS/c12-6-1-2-9(8(13)3-6)16-10(17)4-7-5-18-11(14)15-7/h1-3,5H,4H2,(H2,14,15)(H,16,17). The molecule has 0 spiro atoms. The second-order valence-electron chi connectivity index (χ2n) is 3.53. The number of nitrogens with two attached hydrogens (primary N) is 1. The minimum absolute atomic E-state index is 0.00941. The fraction of sp³-hybridized carbons (Fsp3) is 0.0909. The first-order valence-electron chi connectivity index (χ1n) is 4.99. The molecule has 3 N–H and O–H groups in total. The van der Waals surface area contributed by atoms with Gasteiger partial charge in [0, 0.05) is 11.4 Å². The summed E-state index contributed by atoms with van der Waals surface area (Å²) in [6, 6.07) is 2.94. The number of halogens is 2. The maximum Gasteiger partial charge on any atom is 0.230 e. The fourth-order valence-electron chi connectivity index (χ4n) is 1.35. The topological polar surface area (TPSA) is 68.0 Å². The fourth-order valence-corrected chi connectivity index (χ4v) is 1.92. The van der Waals surface area contributed by atoms with Gasteiger partial charge in [0.05, 0.1) is 17.8 Å². The minimum atomic E-state index is -0.818. The monoisotopic (exact) mass is 269 g/mol. The van der Waals surface area contributed by atoms with Crippen molar-refractivity contribution in [3.8, 4) is 0 Å². The van der Waals surface area contributed by atoms with Crippen LogP contribution in [0.25, 0.3) is 0 Å². The molecule has 1 amide bonds. The number of nitrogen functional groups attached to an aromatic ring is 1. The lowest BCUT2D eigenvalue weighted by molar-refractivity contribution is -0.115. The molecule has 0 atom stereocenters. The zero-order valence-corrected chi connectivity index (χ0v) is 9.93. The predicted molar refractivity (Wildman–Crippen MR) is 65.2 cm³/mol. The predicted octanol–water partition coefficient (Wildman–Crippen LogP) is 2.18. The van der Waals surface area contributed by atoms with Crippen LogP contribution in [0.3, 0.4) is 0 Å². The normalized spacial score (nSPS) is 10.3. The average molecular weight is 269 g/mol. The van der Waals surface area contributed by atoms with Crippen LogP contribution in [-0.2, 0) is 11.2 Å². The van der Waals surface area contributed by atoms with Gasteiger partial charge in [-0.3, -0.25) is 4.79 Å². The molecule has 2 aromatic rings. The first-order chi connectivity index (χ1) is 8.54. The first-order valence-corrected chi connectivity index (χ1v) is 5.87. The molecular weight excluding hydrogens is 260 g/mol. The van der Waals surface area contributed by atoms with Crippen molar-refractivity contribution >= 4 is 28.1 Å². The van der Waals surface area contributed by atoms with Crippen molar-refractivity contribution in [1.82, 2.24) is 4.98 Å². The maximum absolute atomic E-state index is 13.3. The Hall–Kier alpha value is -2.02. The third-order valence-electron chi connectivity index (χ3n) is 2.12. The third-order valence-corrected chi connectivity index (χ3v) is 2.84. The molecule has 0 fully saturated rings. The van der Waals surface area contributed by atoms with E-state index in [4.69, 9.17) is 5.73 Å². The van der Waals surface area contributed by atoms with Gasteiger partial charge in [0.2, 0.25) is 5.91 Å². The average Bonchev–Trinajstić information content (AvgIpc) is 2.68. The molecule has 18 heavy (non-hydrogen) atoms. The molecular formula is C11H9F2N3OS. The van der Waals surface area contributed by atoms with Crippen LogP contribution in [-0.4, -0.2) is 10.9 Å². The largest absolute Gasteiger partial charge is 0.375 e. The summed E-state index contributed by atoms with van der Waals surface area (Å²) in [7, 11) is 0. The minimum Gasteiger partial charge on any atom is -0.375 e. The van der Waals surface area contributed by atoms with Gasteiger partial charge in [0.15, 0.2) is 5.13 Å².